The molecule has 2 aliphatic rings. The lowest BCUT2D eigenvalue weighted by molar-refractivity contribution is -0.220. The predicted molar refractivity (Wildman–Crippen MR) is 85.8 cm³/mol. The van der Waals surface area contributed by atoms with Gasteiger partial charge < -0.3 is 19.1 Å². The van der Waals surface area contributed by atoms with Crippen molar-refractivity contribution in [3.63, 3.8) is 0 Å². The molecule has 1 amide bonds. The molecular weight excluding hydrogens is 294 g/mol. The van der Waals surface area contributed by atoms with Gasteiger partial charge in [0.05, 0.1) is 13.2 Å². The highest BCUT2D eigenvalue weighted by molar-refractivity contribution is 5.81. The van der Waals surface area contributed by atoms with Crippen LogP contribution in [0.5, 0.6) is 0 Å². The second kappa shape index (κ2) is 7.90. The van der Waals surface area contributed by atoms with E-state index in [-0.39, 0.29) is 5.91 Å². The number of benzene rings is 1. The Bertz CT molecular complexity index is 507. The summed E-state index contributed by atoms with van der Waals surface area (Å²) in [5, 5.41) is 0. The summed E-state index contributed by atoms with van der Waals surface area (Å²) in [5.41, 5.74) is 0.959. The van der Waals surface area contributed by atoms with E-state index in [1.54, 1.807) is 0 Å². The summed E-state index contributed by atoms with van der Waals surface area (Å²) in [6.45, 7) is 5.58. The van der Waals surface area contributed by atoms with Crippen LogP contribution in [-0.2, 0) is 19.0 Å². The monoisotopic (exact) mass is 319 g/mol. The zero-order chi connectivity index (χ0) is 16.1. The maximum Gasteiger partial charge on any atom is 0.251 e. The summed E-state index contributed by atoms with van der Waals surface area (Å²) in [7, 11) is 0. The highest BCUT2D eigenvalue weighted by Gasteiger charge is 2.35. The standard InChI is InChI=1S/C18H25NO4/c1-2-21-13-14-8-10-19(12-14)17(20)16-9-11-22-18(23-16)15-6-4-3-5-7-15/h3-7,14,16,18H,2,8-13H2,1H3. The van der Waals surface area contributed by atoms with Crippen LogP contribution < -0.4 is 0 Å². The number of likely N-dealkylation sites (tertiary alicyclic amines) is 1. The molecule has 0 radical (unpaired) electrons. The molecule has 3 rings (SSSR count). The van der Waals surface area contributed by atoms with E-state index in [1.807, 2.05) is 42.2 Å². The van der Waals surface area contributed by atoms with Crippen molar-refractivity contribution in [2.75, 3.05) is 32.9 Å². The number of nitrogens with zero attached hydrogens (tertiary/aromatic N) is 1. The number of rotatable bonds is 5. The normalized spacial score (nSPS) is 28.0. The fourth-order valence-electron chi connectivity index (χ4n) is 3.16. The number of amides is 1. The maximum atomic E-state index is 12.7. The first-order valence-corrected chi connectivity index (χ1v) is 8.46. The number of hydrogen-bond acceptors (Lipinski definition) is 4. The molecule has 2 aliphatic heterocycles. The lowest BCUT2D eigenvalue weighted by Gasteiger charge is -2.32. The summed E-state index contributed by atoms with van der Waals surface area (Å²) in [4.78, 5) is 14.6. The van der Waals surface area contributed by atoms with Gasteiger partial charge in [-0.3, -0.25) is 4.79 Å². The maximum absolute atomic E-state index is 12.7. The van der Waals surface area contributed by atoms with Crippen LogP contribution in [0, 0.1) is 5.92 Å². The van der Waals surface area contributed by atoms with E-state index in [2.05, 4.69) is 0 Å². The van der Waals surface area contributed by atoms with Gasteiger partial charge in [-0.15, -0.1) is 0 Å². The molecule has 1 aromatic rings. The minimum absolute atomic E-state index is 0.0910. The summed E-state index contributed by atoms with van der Waals surface area (Å²) in [5.74, 6) is 0.539. The third-order valence-electron chi connectivity index (χ3n) is 4.44. The zero-order valence-corrected chi connectivity index (χ0v) is 13.6. The van der Waals surface area contributed by atoms with E-state index in [0.717, 1.165) is 38.3 Å². The molecule has 2 heterocycles. The molecule has 5 heteroatoms. The third-order valence-corrected chi connectivity index (χ3v) is 4.44. The molecule has 0 aliphatic carbocycles. The Morgan fingerprint density at radius 3 is 2.91 bits per heavy atom. The molecule has 0 spiro atoms. The van der Waals surface area contributed by atoms with E-state index >= 15 is 0 Å². The van der Waals surface area contributed by atoms with E-state index in [1.165, 1.54) is 0 Å². The van der Waals surface area contributed by atoms with Crippen molar-refractivity contribution in [2.24, 2.45) is 5.92 Å². The molecule has 0 bridgehead atoms. The van der Waals surface area contributed by atoms with Crippen molar-refractivity contribution in [3.05, 3.63) is 35.9 Å². The van der Waals surface area contributed by atoms with E-state index in [4.69, 9.17) is 14.2 Å². The molecule has 126 valence electrons. The number of ether oxygens (including phenoxy) is 3. The second-order valence-electron chi connectivity index (χ2n) is 6.13. The molecular formula is C18H25NO4. The topological polar surface area (TPSA) is 48.0 Å². The van der Waals surface area contributed by atoms with Gasteiger partial charge in [-0.05, 0) is 13.3 Å². The first kappa shape index (κ1) is 16.4. The summed E-state index contributed by atoms with van der Waals surface area (Å²) in [6.07, 6.45) is 0.784. The Kier molecular flexibility index (Phi) is 5.65. The predicted octanol–water partition coefficient (Wildman–Crippen LogP) is 2.38. The van der Waals surface area contributed by atoms with Gasteiger partial charge in [-0.25, -0.2) is 0 Å². The lowest BCUT2D eigenvalue weighted by Crippen LogP contribution is -2.42. The van der Waals surface area contributed by atoms with Gasteiger partial charge >= 0.3 is 0 Å². The highest BCUT2D eigenvalue weighted by Crippen LogP contribution is 2.28. The Hall–Kier alpha value is -1.43. The molecule has 0 saturated carbocycles. The van der Waals surface area contributed by atoms with E-state index in [9.17, 15) is 4.79 Å². The minimum Gasteiger partial charge on any atom is -0.381 e. The second-order valence-corrected chi connectivity index (χ2v) is 6.13. The number of carbonyl (C=O) groups is 1. The van der Waals surface area contributed by atoms with Gasteiger partial charge in [0.25, 0.3) is 5.91 Å². The summed E-state index contributed by atoms with van der Waals surface area (Å²) < 4.78 is 17.1. The van der Waals surface area contributed by atoms with Gasteiger partial charge in [-0.2, -0.15) is 0 Å². The van der Waals surface area contributed by atoms with Crippen LogP contribution in [0.4, 0.5) is 0 Å². The van der Waals surface area contributed by atoms with Crippen LogP contribution in [-0.4, -0.2) is 49.8 Å². The van der Waals surface area contributed by atoms with Gasteiger partial charge in [-0.1, -0.05) is 30.3 Å². The molecule has 3 atom stereocenters. The molecule has 23 heavy (non-hydrogen) atoms. The van der Waals surface area contributed by atoms with Crippen LogP contribution in [0.25, 0.3) is 0 Å². The van der Waals surface area contributed by atoms with Crippen LogP contribution in [0.2, 0.25) is 0 Å². The van der Waals surface area contributed by atoms with Gasteiger partial charge in [0.15, 0.2) is 6.29 Å². The van der Waals surface area contributed by atoms with Gasteiger partial charge in [0, 0.05) is 37.6 Å². The molecule has 0 N–H and O–H groups in total. The SMILES string of the molecule is CCOCC1CCN(C(=O)C2CCOC(c3ccccc3)O2)C1. The largest absolute Gasteiger partial charge is 0.381 e. The van der Waals surface area contributed by atoms with Crippen LogP contribution in [0.15, 0.2) is 30.3 Å². The van der Waals surface area contributed by atoms with Crippen molar-refractivity contribution < 1.29 is 19.0 Å². The number of carbonyl (C=O) groups excluding carboxylic acids is 1. The van der Waals surface area contributed by atoms with Crippen LogP contribution in [0.1, 0.15) is 31.6 Å². The first-order chi connectivity index (χ1) is 11.3. The van der Waals surface area contributed by atoms with Crippen molar-refractivity contribution in [2.45, 2.75) is 32.2 Å². The molecule has 2 saturated heterocycles. The highest BCUT2D eigenvalue weighted by atomic mass is 16.7. The quantitative estimate of drug-likeness (QED) is 0.836. The van der Waals surface area contributed by atoms with Crippen LogP contribution >= 0.6 is 0 Å². The Balaban J connectivity index is 1.55. The fraction of sp³-hybridized carbons (Fsp3) is 0.611. The lowest BCUT2D eigenvalue weighted by atomic mass is 10.1. The van der Waals surface area contributed by atoms with Gasteiger partial charge in [0.1, 0.15) is 6.10 Å². The van der Waals surface area contributed by atoms with Crippen LogP contribution in [0.3, 0.4) is 0 Å². The van der Waals surface area contributed by atoms with Crippen molar-refractivity contribution in [1.82, 2.24) is 4.90 Å². The molecule has 0 aromatic heterocycles. The average molecular weight is 319 g/mol. The van der Waals surface area contributed by atoms with Gasteiger partial charge in [0.2, 0.25) is 0 Å². The first-order valence-electron chi connectivity index (χ1n) is 8.46. The van der Waals surface area contributed by atoms with Crippen molar-refractivity contribution in [3.8, 4) is 0 Å². The van der Waals surface area contributed by atoms with E-state index in [0.29, 0.717) is 18.9 Å². The Labute approximate surface area is 137 Å². The summed E-state index contributed by atoms with van der Waals surface area (Å²) in [6, 6.07) is 9.78. The Morgan fingerprint density at radius 1 is 1.30 bits per heavy atom. The fourth-order valence-corrected chi connectivity index (χ4v) is 3.16. The third kappa shape index (κ3) is 4.10. The zero-order valence-electron chi connectivity index (χ0n) is 13.6. The summed E-state index contributed by atoms with van der Waals surface area (Å²) >= 11 is 0. The smallest absolute Gasteiger partial charge is 0.251 e. The van der Waals surface area contributed by atoms with Crippen molar-refractivity contribution in [1.29, 1.82) is 0 Å². The average Bonchev–Trinajstić information content (AvgIpc) is 3.09. The Morgan fingerprint density at radius 2 is 2.13 bits per heavy atom. The molecule has 5 nitrogen and oxygen atoms in total. The molecule has 2 fully saturated rings. The molecule has 3 unspecified atom stereocenters. The number of hydrogen-bond donors (Lipinski definition) is 0. The van der Waals surface area contributed by atoms with E-state index < -0.39 is 12.4 Å². The molecule has 1 aromatic carbocycles. The van der Waals surface area contributed by atoms with Crippen molar-refractivity contribution >= 4 is 5.91 Å². The minimum atomic E-state index is -0.444.